The number of hydrogen-bond donors (Lipinski definition) is 1. The van der Waals surface area contributed by atoms with Crippen molar-refractivity contribution in [3.8, 4) is 0 Å². The highest BCUT2D eigenvalue weighted by Crippen LogP contribution is 2.22. The van der Waals surface area contributed by atoms with E-state index in [0.717, 1.165) is 19.6 Å². The van der Waals surface area contributed by atoms with E-state index in [2.05, 4.69) is 36.5 Å². The zero-order valence-electron chi connectivity index (χ0n) is 12.2. The van der Waals surface area contributed by atoms with Crippen molar-refractivity contribution in [2.75, 3.05) is 18.5 Å². The average Bonchev–Trinajstić information content (AvgIpc) is 2.46. The number of hydrogen-bond acceptors (Lipinski definition) is 2. The molecule has 1 aliphatic rings. The number of anilines is 1. The second-order valence-electron chi connectivity index (χ2n) is 5.50. The minimum atomic E-state index is 0.352. The Labute approximate surface area is 117 Å². The highest BCUT2D eigenvalue weighted by atomic mass is 16.5. The van der Waals surface area contributed by atoms with Crippen LogP contribution in [0.15, 0.2) is 24.3 Å². The van der Waals surface area contributed by atoms with Gasteiger partial charge in [-0.2, -0.15) is 0 Å². The van der Waals surface area contributed by atoms with Crippen molar-refractivity contribution >= 4 is 5.69 Å². The summed E-state index contributed by atoms with van der Waals surface area (Å²) in [4.78, 5) is 0. The van der Waals surface area contributed by atoms with Gasteiger partial charge in [-0.3, -0.25) is 0 Å². The van der Waals surface area contributed by atoms with Gasteiger partial charge in [0.2, 0.25) is 0 Å². The summed E-state index contributed by atoms with van der Waals surface area (Å²) in [5.41, 5.74) is 2.67. The molecule has 1 aliphatic heterocycles. The highest BCUT2D eigenvalue weighted by Gasteiger charge is 2.17. The first kappa shape index (κ1) is 14.4. The molecule has 0 aliphatic carbocycles. The lowest BCUT2D eigenvalue weighted by atomic mass is 10.0. The van der Waals surface area contributed by atoms with Gasteiger partial charge in [-0.1, -0.05) is 57.2 Å². The van der Waals surface area contributed by atoms with Gasteiger partial charge in [-0.25, -0.2) is 0 Å². The fraction of sp³-hybridized carbons (Fsp3) is 0.647. The SMILES string of the molecule is CCCCCCCCOC1CNc2ccccc2C1. The van der Waals surface area contributed by atoms with E-state index >= 15 is 0 Å². The van der Waals surface area contributed by atoms with Crippen molar-refractivity contribution in [2.24, 2.45) is 0 Å². The third-order valence-electron chi connectivity index (χ3n) is 3.84. The van der Waals surface area contributed by atoms with E-state index < -0.39 is 0 Å². The van der Waals surface area contributed by atoms with Gasteiger partial charge in [0.05, 0.1) is 6.10 Å². The van der Waals surface area contributed by atoms with Gasteiger partial charge < -0.3 is 10.1 Å². The molecule has 2 nitrogen and oxygen atoms in total. The number of para-hydroxylation sites is 1. The van der Waals surface area contributed by atoms with Gasteiger partial charge in [0.15, 0.2) is 0 Å². The van der Waals surface area contributed by atoms with Gasteiger partial charge in [-0.05, 0) is 18.1 Å². The summed E-state index contributed by atoms with van der Waals surface area (Å²) < 4.78 is 5.98. The Morgan fingerprint density at radius 2 is 1.89 bits per heavy atom. The molecule has 1 unspecified atom stereocenters. The molecule has 1 aromatic carbocycles. The zero-order valence-corrected chi connectivity index (χ0v) is 12.2. The van der Waals surface area contributed by atoms with Crippen LogP contribution in [0, 0.1) is 0 Å². The van der Waals surface area contributed by atoms with Crippen LogP contribution in [0.25, 0.3) is 0 Å². The Morgan fingerprint density at radius 3 is 2.79 bits per heavy atom. The Kier molecular flexibility index (Phi) is 6.22. The number of ether oxygens (including phenoxy) is 1. The monoisotopic (exact) mass is 261 g/mol. The van der Waals surface area contributed by atoms with Crippen LogP contribution in [-0.4, -0.2) is 19.3 Å². The minimum absolute atomic E-state index is 0.352. The van der Waals surface area contributed by atoms with Crippen molar-refractivity contribution in [1.82, 2.24) is 0 Å². The van der Waals surface area contributed by atoms with Crippen LogP contribution in [0.2, 0.25) is 0 Å². The summed E-state index contributed by atoms with van der Waals surface area (Å²) in [7, 11) is 0. The molecule has 0 aromatic heterocycles. The van der Waals surface area contributed by atoms with Crippen LogP contribution in [-0.2, 0) is 11.2 Å². The molecule has 0 saturated heterocycles. The predicted octanol–water partition coefficient (Wildman–Crippen LogP) is 4.40. The van der Waals surface area contributed by atoms with Gasteiger partial charge in [0.25, 0.3) is 0 Å². The smallest absolute Gasteiger partial charge is 0.0788 e. The normalized spacial score (nSPS) is 17.8. The first-order valence-corrected chi connectivity index (χ1v) is 7.83. The van der Waals surface area contributed by atoms with Gasteiger partial charge in [0, 0.05) is 25.3 Å². The molecule has 0 spiro atoms. The Bertz CT molecular complexity index is 364. The number of rotatable bonds is 8. The summed E-state index contributed by atoms with van der Waals surface area (Å²) >= 11 is 0. The number of fused-ring (bicyclic) bond motifs is 1. The average molecular weight is 261 g/mol. The largest absolute Gasteiger partial charge is 0.382 e. The van der Waals surface area contributed by atoms with E-state index in [1.165, 1.54) is 49.8 Å². The summed E-state index contributed by atoms with van der Waals surface area (Å²) in [6.07, 6.45) is 9.38. The van der Waals surface area contributed by atoms with Crippen LogP contribution >= 0.6 is 0 Å². The van der Waals surface area contributed by atoms with Crippen LogP contribution in [0.1, 0.15) is 51.0 Å². The summed E-state index contributed by atoms with van der Waals surface area (Å²) in [5.74, 6) is 0. The molecule has 0 saturated carbocycles. The lowest BCUT2D eigenvalue weighted by Gasteiger charge is -2.26. The Morgan fingerprint density at radius 1 is 1.11 bits per heavy atom. The van der Waals surface area contributed by atoms with Crippen LogP contribution < -0.4 is 5.32 Å². The predicted molar refractivity (Wildman–Crippen MR) is 81.8 cm³/mol. The van der Waals surface area contributed by atoms with Crippen molar-refractivity contribution < 1.29 is 4.74 Å². The molecule has 0 radical (unpaired) electrons. The van der Waals surface area contributed by atoms with Crippen molar-refractivity contribution in [3.05, 3.63) is 29.8 Å². The highest BCUT2D eigenvalue weighted by molar-refractivity contribution is 5.53. The standard InChI is InChI=1S/C17H27NO/c1-2-3-4-5-6-9-12-19-16-13-15-10-7-8-11-17(15)18-14-16/h7-8,10-11,16,18H,2-6,9,12-14H2,1H3. The molecule has 0 amide bonds. The molecule has 0 fully saturated rings. The topological polar surface area (TPSA) is 21.3 Å². The maximum absolute atomic E-state index is 5.98. The third-order valence-corrected chi connectivity index (χ3v) is 3.84. The Hall–Kier alpha value is -1.02. The summed E-state index contributed by atoms with van der Waals surface area (Å²) in [6, 6.07) is 8.54. The fourth-order valence-corrected chi connectivity index (χ4v) is 2.66. The molecule has 19 heavy (non-hydrogen) atoms. The van der Waals surface area contributed by atoms with E-state index in [0.29, 0.717) is 6.10 Å². The van der Waals surface area contributed by atoms with Crippen LogP contribution in [0.5, 0.6) is 0 Å². The van der Waals surface area contributed by atoms with Crippen molar-refractivity contribution in [3.63, 3.8) is 0 Å². The summed E-state index contributed by atoms with van der Waals surface area (Å²) in [6.45, 7) is 4.13. The zero-order chi connectivity index (χ0) is 13.3. The molecule has 1 N–H and O–H groups in total. The van der Waals surface area contributed by atoms with Gasteiger partial charge in [-0.15, -0.1) is 0 Å². The molecule has 1 heterocycles. The second-order valence-corrected chi connectivity index (χ2v) is 5.50. The van der Waals surface area contributed by atoms with Gasteiger partial charge >= 0.3 is 0 Å². The minimum Gasteiger partial charge on any atom is -0.382 e. The first-order chi connectivity index (χ1) is 9.40. The van der Waals surface area contributed by atoms with Crippen LogP contribution in [0.3, 0.4) is 0 Å². The maximum Gasteiger partial charge on any atom is 0.0788 e. The fourth-order valence-electron chi connectivity index (χ4n) is 2.66. The van der Waals surface area contributed by atoms with E-state index in [9.17, 15) is 0 Å². The van der Waals surface area contributed by atoms with Crippen LogP contribution in [0.4, 0.5) is 5.69 Å². The molecule has 106 valence electrons. The van der Waals surface area contributed by atoms with Crippen molar-refractivity contribution in [2.45, 2.75) is 58.0 Å². The molecule has 1 atom stereocenters. The van der Waals surface area contributed by atoms with Crippen molar-refractivity contribution in [1.29, 1.82) is 0 Å². The molecular weight excluding hydrogens is 234 g/mol. The third kappa shape index (κ3) is 4.87. The van der Waals surface area contributed by atoms with E-state index in [-0.39, 0.29) is 0 Å². The molecule has 0 bridgehead atoms. The molecule has 1 aromatic rings. The second kappa shape index (κ2) is 8.21. The molecule has 2 heteroatoms. The quantitative estimate of drug-likeness (QED) is 0.700. The molecular formula is C17H27NO. The van der Waals surface area contributed by atoms with E-state index in [1.54, 1.807) is 0 Å². The number of unbranched alkanes of at least 4 members (excludes halogenated alkanes) is 5. The Balaban J connectivity index is 1.58. The lowest BCUT2D eigenvalue weighted by Crippen LogP contribution is -2.30. The maximum atomic E-state index is 5.98. The van der Waals surface area contributed by atoms with Gasteiger partial charge in [0.1, 0.15) is 0 Å². The molecule has 2 rings (SSSR count). The number of nitrogens with one attached hydrogen (secondary N) is 1. The summed E-state index contributed by atoms with van der Waals surface area (Å²) in [5, 5.41) is 3.46. The van der Waals surface area contributed by atoms with E-state index in [4.69, 9.17) is 4.74 Å². The lowest BCUT2D eigenvalue weighted by molar-refractivity contribution is 0.0575. The first-order valence-electron chi connectivity index (χ1n) is 7.83. The number of benzene rings is 1. The van der Waals surface area contributed by atoms with E-state index in [1.807, 2.05) is 0 Å².